The van der Waals surface area contributed by atoms with Crippen molar-refractivity contribution >= 4 is 0 Å². The average Bonchev–Trinajstić information content (AvgIpc) is 2.12. The fraction of sp³-hybridized carbons (Fsp3) is 1.00. The summed E-state index contributed by atoms with van der Waals surface area (Å²) in [6, 6.07) is 0.448. The first-order valence-electron chi connectivity index (χ1n) is 5.07. The highest BCUT2D eigenvalue weighted by molar-refractivity contribution is 4.66. The van der Waals surface area contributed by atoms with E-state index < -0.39 is 0 Å². The Morgan fingerprint density at radius 3 is 2.62 bits per heavy atom. The Balaban J connectivity index is 3.46. The fourth-order valence-electron chi connectivity index (χ4n) is 1.32. The predicted octanol–water partition coefficient (Wildman–Crippen LogP) is 1.02. The molecule has 3 nitrogen and oxygen atoms in total. The fourth-order valence-corrected chi connectivity index (χ4v) is 1.32. The number of aliphatic hydroxyl groups excluding tert-OH is 1. The zero-order chi connectivity index (χ0) is 10.1. The number of rotatable bonds is 8. The minimum atomic E-state index is 0.268. The van der Waals surface area contributed by atoms with Gasteiger partial charge in [0.05, 0.1) is 0 Å². The van der Waals surface area contributed by atoms with E-state index in [1.54, 1.807) is 7.11 Å². The lowest BCUT2D eigenvalue weighted by atomic mass is 10.1. The second kappa shape index (κ2) is 8.48. The highest BCUT2D eigenvalue weighted by atomic mass is 16.5. The van der Waals surface area contributed by atoms with Crippen LogP contribution in [0.4, 0.5) is 0 Å². The van der Waals surface area contributed by atoms with Crippen molar-refractivity contribution in [1.82, 2.24) is 5.32 Å². The third kappa shape index (κ3) is 6.99. The SMILES string of the molecule is CCC(CCO)NCC(C)COC. The normalized spacial score (nSPS) is 15.7. The molecule has 0 aromatic rings. The zero-order valence-electron chi connectivity index (χ0n) is 9.05. The van der Waals surface area contributed by atoms with E-state index in [0.717, 1.165) is 26.0 Å². The van der Waals surface area contributed by atoms with Crippen molar-refractivity contribution in [3.05, 3.63) is 0 Å². The lowest BCUT2D eigenvalue weighted by Crippen LogP contribution is -2.34. The van der Waals surface area contributed by atoms with Gasteiger partial charge in [0.1, 0.15) is 0 Å². The predicted molar refractivity (Wildman–Crippen MR) is 54.8 cm³/mol. The molecule has 0 heterocycles. The molecule has 0 aliphatic rings. The van der Waals surface area contributed by atoms with Gasteiger partial charge in [0.25, 0.3) is 0 Å². The first kappa shape index (κ1) is 12.9. The minimum absolute atomic E-state index is 0.268. The third-order valence-corrected chi connectivity index (χ3v) is 2.18. The maximum Gasteiger partial charge on any atom is 0.0499 e. The van der Waals surface area contributed by atoms with E-state index in [2.05, 4.69) is 19.2 Å². The van der Waals surface area contributed by atoms with Crippen LogP contribution in [0.15, 0.2) is 0 Å². The molecule has 0 aromatic carbocycles. The molecule has 0 saturated carbocycles. The van der Waals surface area contributed by atoms with Gasteiger partial charge in [-0.15, -0.1) is 0 Å². The van der Waals surface area contributed by atoms with E-state index in [0.29, 0.717) is 12.0 Å². The third-order valence-electron chi connectivity index (χ3n) is 2.18. The summed E-state index contributed by atoms with van der Waals surface area (Å²) in [5.41, 5.74) is 0. The Bertz CT molecular complexity index is 109. The molecule has 3 heteroatoms. The van der Waals surface area contributed by atoms with Gasteiger partial charge in [-0.25, -0.2) is 0 Å². The van der Waals surface area contributed by atoms with E-state index in [4.69, 9.17) is 9.84 Å². The Morgan fingerprint density at radius 2 is 2.15 bits per heavy atom. The maximum atomic E-state index is 8.77. The van der Waals surface area contributed by atoms with Gasteiger partial charge in [-0.2, -0.15) is 0 Å². The van der Waals surface area contributed by atoms with E-state index in [1.807, 2.05) is 0 Å². The summed E-state index contributed by atoms with van der Waals surface area (Å²) in [4.78, 5) is 0. The molecule has 0 aliphatic heterocycles. The summed E-state index contributed by atoms with van der Waals surface area (Å²) >= 11 is 0. The number of methoxy groups -OCH3 is 1. The van der Waals surface area contributed by atoms with Crippen molar-refractivity contribution in [3.63, 3.8) is 0 Å². The summed E-state index contributed by atoms with van der Waals surface area (Å²) < 4.78 is 5.04. The van der Waals surface area contributed by atoms with Crippen molar-refractivity contribution < 1.29 is 9.84 Å². The van der Waals surface area contributed by atoms with Crippen molar-refractivity contribution in [3.8, 4) is 0 Å². The monoisotopic (exact) mass is 189 g/mol. The van der Waals surface area contributed by atoms with E-state index in [1.165, 1.54) is 0 Å². The molecule has 0 saturated heterocycles. The quantitative estimate of drug-likeness (QED) is 0.599. The topological polar surface area (TPSA) is 41.5 Å². The van der Waals surface area contributed by atoms with Gasteiger partial charge in [-0.3, -0.25) is 0 Å². The molecular weight excluding hydrogens is 166 g/mol. The van der Waals surface area contributed by atoms with E-state index >= 15 is 0 Å². The molecule has 2 unspecified atom stereocenters. The van der Waals surface area contributed by atoms with E-state index in [-0.39, 0.29) is 6.61 Å². The second-order valence-corrected chi connectivity index (χ2v) is 3.59. The van der Waals surface area contributed by atoms with Crippen LogP contribution < -0.4 is 5.32 Å². The molecule has 0 radical (unpaired) electrons. The molecule has 2 N–H and O–H groups in total. The van der Waals surface area contributed by atoms with Crippen LogP contribution in [0.1, 0.15) is 26.7 Å². The summed E-state index contributed by atoms with van der Waals surface area (Å²) in [6.45, 7) is 6.32. The van der Waals surface area contributed by atoms with Crippen LogP contribution in [-0.4, -0.2) is 38.0 Å². The van der Waals surface area contributed by atoms with Gasteiger partial charge in [0.2, 0.25) is 0 Å². The van der Waals surface area contributed by atoms with Crippen LogP contribution in [0.5, 0.6) is 0 Å². The maximum absolute atomic E-state index is 8.77. The summed E-state index contributed by atoms with van der Waals surface area (Å²) in [6.07, 6.45) is 1.91. The molecule has 0 rings (SSSR count). The minimum Gasteiger partial charge on any atom is -0.396 e. The Hall–Kier alpha value is -0.120. The first-order chi connectivity index (χ1) is 6.24. The van der Waals surface area contributed by atoms with Crippen molar-refractivity contribution in [2.45, 2.75) is 32.7 Å². The lowest BCUT2D eigenvalue weighted by molar-refractivity contribution is 0.155. The average molecular weight is 189 g/mol. The molecule has 0 aliphatic carbocycles. The van der Waals surface area contributed by atoms with Crippen molar-refractivity contribution in [2.24, 2.45) is 5.92 Å². The molecule has 0 amide bonds. The van der Waals surface area contributed by atoms with Gasteiger partial charge in [-0.05, 0) is 18.8 Å². The van der Waals surface area contributed by atoms with Crippen LogP contribution in [0, 0.1) is 5.92 Å². The van der Waals surface area contributed by atoms with Gasteiger partial charge >= 0.3 is 0 Å². The largest absolute Gasteiger partial charge is 0.396 e. The number of nitrogens with one attached hydrogen (secondary N) is 1. The Kier molecular flexibility index (Phi) is 8.40. The summed E-state index contributed by atoms with van der Waals surface area (Å²) in [5.74, 6) is 0.540. The van der Waals surface area contributed by atoms with Crippen molar-refractivity contribution in [1.29, 1.82) is 0 Å². The molecule has 0 aromatic heterocycles. The molecule has 2 atom stereocenters. The van der Waals surface area contributed by atoms with Crippen LogP contribution in [0.2, 0.25) is 0 Å². The highest BCUT2D eigenvalue weighted by Crippen LogP contribution is 1.99. The molecule has 0 bridgehead atoms. The Labute approximate surface area is 81.5 Å². The molecule has 80 valence electrons. The van der Waals surface area contributed by atoms with E-state index in [9.17, 15) is 0 Å². The number of ether oxygens (including phenoxy) is 1. The first-order valence-corrected chi connectivity index (χ1v) is 5.07. The molecular formula is C10H23NO2. The standard InChI is InChI=1S/C10H23NO2/c1-4-10(5-6-12)11-7-9(2)8-13-3/h9-12H,4-8H2,1-3H3. The van der Waals surface area contributed by atoms with Crippen molar-refractivity contribution in [2.75, 3.05) is 26.9 Å². The van der Waals surface area contributed by atoms with Crippen LogP contribution >= 0.6 is 0 Å². The molecule has 0 spiro atoms. The molecule has 13 heavy (non-hydrogen) atoms. The van der Waals surface area contributed by atoms with Gasteiger partial charge in [-0.1, -0.05) is 13.8 Å². The molecule has 0 fully saturated rings. The van der Waals surface area contributed by atoms with Crippen LogP contribution in [-0.2, 0) is 4.74 Å². The second-order valence-electron chi connectivity index (χ2n) is 3.59. The summed E-state index contributed by atoms with van der Waals surface area (Å²) in [7, 11) is 1.72. The van der Waals surface area contributed by atoms with Gasteiger partial charge < -0.3 is 15.2 Å². The zero-order valence-corrected chi connectivity index (χ0v) is 9.05. The number of hydrogen-bond acceptors (Lipinski definition) is 3. The summed E-state index contributed by atoms with van der Waals surface area (Å²) in [5, 5.41) is 12.2. The van der Waals surface area contributed by atoms with Gasteiger partial charge in [0.15, 0.2) is 0 Å². The highest BCUT2D eigenvalue weighted by Gasteiger charge is 2.06. The smallest absolute Gasteiger partial charge is 0.0499 e. The van der Waals surface area contributed by atoms with Crippen LogP contribution in [0.3, 0.4) is 0 Å². The lowest BCUT2D eigenvalue weighted by Gasteiger charge is -2.18. The number of aliphatic hydroxyl groups is 1. The number of hydrogen-bond donors (Lipinski definition) is 2. The van der Waals surface area contributed by atoms with Gasteiger partial charge in [0, 0.05) is 32.9 Å². The Morgan fingerprint density at radius 1 is 1.46 bits per heavy atom. The van der Waals surface area contributed by atoms with Crippen LogP contribution in [0.25, 0.3) is 0 Å².